The standard InChI is InChI=1S/C10H19NO3/c1-8-10(12,3-5-14-8)7-11-9-2-4-13-6-9/h8-9,11-12H,2-7H2,1H3. The van der Waals surface area contributed by atoms with Crippen molar-refractivity contribution in [2.45, 2.75) is 37.5 Å². The molecule has 0 aromatic rings. The predicted molar refractivity (Wildman–Crippen MR) is 52.2 cm³/mol. The highest BCUT2D eigenvalue weighted by Crippen LogP contribution is 2.25. The molecule has 14 heavy (non-hydrogen) atoms. The zero-order valence-corrected chi connectivity index (χ0v) is 8.66. The van der Waals surface area contributed by atoms with Gasteiger partial charge in [0.05, 0.1) is 12.7 Å². The van der Waals surface area contributed by atoms with Gasteiger partial charge in [-0.3, -0.25) is 0 Å². The second-order valence-corrected chi connectivity index (χ2v) is 4.31. The molecule has 0 amide bonds. The molecule has 2 aliphatic heterocycles. The molecule has 0 aliphatic carbocycles. The third-order valence-electron chi connectivity index (χ3n) is 3.29. The van der Waals surface area contributed by atoms with E-state index in [1.54, 1.807) is 0 Å². The minimum Gasteiger partial charge on any atom is -0.386 e. The Kier molecular flexibility index (Phi) is 3.07. The Hall–Kier alpha value is -0.160. The molecule has 0 spiro atoms. The normalized spacial score (nSPS) is 43.3. The summed E-state index contributed by atoms with van der Waals surface area (Å²) in [4.78, 5) is 0. The van der Waals surface area contributed by atoms with Crippen LogP contribution >= 0.6 is 0 Å². The highest BCUT2D eigenvalue weighted by Gasteiger charge is 2.39. The number of rotatable bonds is 3. The van der Waals surface area contributed by atoms with Crippen LogP contribution in [0.4, 0.5) is 0 Å². The van der Waals surface area contributed by atoms with E-state index < -0.39 is 5.60 Å². The minimum atomic E-state index is -0.678. The molecule has 0 radical (unpaired) electrons. The highest BCUT2D eigenvalue weighted by atomic mass is 16.5. The lowest BCUT2D eigenvalue weighted by molar-refractivity contribution is -0.0277. The van der Waals surface area contributed by atoms with E-state index in [4.69, 9.17) is 9.47 Å². The average molecular weight is 201 g/mol. The van der Waals surface area contributed by atoms with Gasteiger partial charge in [0, 0.05) is 32.2 Å². The van der Waals surface area contributed by atoms with Crippen LogP contribution in [0.5, 0.6) is 0 Å². The van der Waals surface area contributed by atoms with Gasteiger partial charge in [-0.1, -0.05) is 0 Å². The fraction of sp³-hybridized carbons (Fsp3) is 1.00. The summed E-state index contributed by atoms with van der Waals surface area (Å²) in [5.74, 6) is 0. The number of ether oxygens (including phenoxy) is 2. The highest BCUT2D eigenvalue weighted by molar-refractivity contribution is 4.92. The molecule has 0 aromatic heterocycles. The van der Waals surface area contributed by atoms with E-state index in [2.05, 4.69) is 5.32 Å². The van der Waals surface area contributed by atoms with Crippen molar-refractivity contribution >= 4 is 0 Å². The first-order valence-electron chi connectivity index (χ1n) is 5.36. The second kappa shape index (κ2) is 4.14. The molecule has 2 N–H and O–H groups in total. The van der Waals surface area contributed by atoms with Gasteiger partial charge in [0.2, 0.25) is 0 Å². The first kappa shape index (κ1) is 10.4. The summed E-state index contributed by atoms with van der Waals surface area (Å²) in [5.41, 5.74) is -0.678. The van der Waals surface area contributed by atoms with Crippen LogP contribution in [0.25, 0.3) is 0 Å². The molecule has 0 bridgehead atoms. The van der Waals surface area contributed by atoms with Crippen molar-refractivity contribution in [2.75, 3.05) is 26.4 Å². The van der Waals surface area contributed by atoms with Crippen molar-refractivity contribution in [1.82, 2.24) is 5.32 Å². The molecule has 3 unspecified atom stereocenters. The van der Waals surface area contributed by atoms with Crippen LogP contribution in [-0.4, -0.2) is 49.2 Å². The van der Waals surface area contributed by atoms with Gasteiger partial charge in [0.1, 0.15) is 5.60 Å². The molecule has 2 heterocycles. The molecule has 4 nitrogen and oxygen atoms in total. The Morgan fingerprint density at radius 1 is 1.50 bits per heavy atom. The van der Waals surface area contributed by atoms with Gasteiger partial charge in [0.15, 0.2) is 0 Å². The molecule has 0 aromatic carbocycles. The third kappa shape index (κ3) is 2.08. The van der Waals surface area contributed by atoms with Crippen LogP contribution in [0, 0.1) is 0 Å². The maximum atomic E-state index is 10.2. The van der Waals surface area contributed by atoms with Gasteiger partial charge in [-0.2, -0.15) is 0 Å². The van der Waals surface area contributed by atoms with E-state index in [9.17, 15) is 5.11 Å². The fourth-order valence-electron chi connectivity index (χ4n) is 2.02. The minimum absolute atomic E-state index is 0.0580. The Morgan fingerprint density at radius 3 is 2.93 bits per heavy atom. The van der Waals surface area contributed by atoms with Crippen molar-refractivity contribution < 1.29 is 14.6 Å². The van der Waals surface area contributed by atoms with E-state index >= 15 is 0 Å². The van der Waals surface area contributed by atoms with Crippen molar-refractivity contribution in [3.63, 3.8) is 0 Å². The maximum Gasteiger partial charge on any atom is 0.105 e. The van der Waals surface area contributed by atoms with E-state index in [1.807, 2.05) is 6.92 Å². The number of nitrogens with one attached hydrogen (secondary N) is 1. The van der Waals surface area contributed by atoms with Crippen molar-refractivity contribution in [2.24, 2.45) is 0 Å². The van der Waals surface area contributed by atoms with Crippen LogP contribution in [0.2, 0.25) is 0 Å². The largest absolute Gasteiger partial charge is 0.386 e. The summed E-state index contributed by atoms with van der Waals surface area (Å²) in [6.07, 6.45) is 1.72. The van der Waals surface area contributed by atoms with E-state index in [0.717, 1.165) is 26.1 Å². The molecule has 0 saturated carbocycles. The molecule has 2 rings (SSSR count). The summed E-state index contributed by atoms with van der Waals surface area (Å²) >= 11 is 0. The molecular weight excluding hydrogens is 182 g/mol. The van der Waals surface area contributed by atoms with Crippen molar-refractivity contribution in [3.8, 4) is 0 Å². The zero-order valence-electron chi connectivity index (χ0n) is 8.66. The Bertz CT molecular complexity index is 194. The fourth-order valence-corrected chi connectivity index (χ4v) is 2.02. The first-order valence-corrected chi connectivity index (χ1v) is 5.36. The molecule has 4 heteroatoms. The second-order valence-electron chi connectivity index (χ2n) is 4.31. The van der Waals surface area contributed by atoms with Gasteiger partial charge < -0.3 is 19.9 Å². The topological polar surface area (TPSA) is 50.7 Å². The summed E-state index contributed by atoms with van der Waals surface area (Å²) < 4.78 is 10.6. The lowest BCUT2D eigenvalue weighted by atomic mass is 9.96. The monoisotopic (exact) mass is 201 g/mol. The van der Waals surface area contributed by atoms with Crippen LogP contribution in [0.15, 0.2) is 0 Å². The van der Waals surface area contributed by atoms with Crippen molar-refractivity contribution in [1.29, 1.82) is 0 Å². The average Bonchev–Trinajstić information content (AvgIpc) is 2.75. The third-order valence-corrected chi connectivity index (χ3v) is 3.29. The quantitative estimate of drug-likeness (QED) is 0.670. The summed E-state index contributed by atoms with van der Waals surface area (Å²) in [6.45, 7) is 4.82. The molecule has 2 fully saturated rings. The van der Waals surface area contributed by atoms with Crippen LogP contribution in [0.1, 0.15) is 19.8 Å². The number of hydrogen-bond donors (Lipinski definition) is 2. The van der Waals surface area contributed by atoms with Crippen LogP contribution in [0.3, 0.4) is 0 Å². The zero-order chi connectivity index (χ0) is 10.0. The van der Waals surface area contributed by atoms with Crippen LogP contribution in [-0.2, 0) is 9.47 Å². The van der Waals surface area contributed by atoms with Crippen LogP contribution < -0.4 is 5.32 Å². The smallest absolute Gasteiger partial charge is 0.105 e. The molecule has 2 saturated heterocycles. The predicted octanol–water partition coefficient (Wildman–Crippen LogP) is -0.0952. The molecule has 3 atom stereocenters. The Labute approximate surface area is 84.6 Å². The van der Waals surface area contributed by atoms with Gasteiger partial charge in [0.25, 0.3) is 0 Å². The van der Waals surface area contributed by atoms with Gasteiger partial charge >= 0.3 is 0 Å². The van der Waals surface area contributed by atoms with Gasteiger partial charge in [-0.15, -0.1) is 0 Å². The Morgan fingerprint density at radius 2 is 2.36 bits per heavy atom. The lowest BCUT2D eigenvalue weighted by Gasteiger charge is -2.27. The molecule has 82 valence electrons. The summed E-state index contributed by atoms with van der Waals surface area (Å²) in [5, 5.41) is 13.5. The lowest BCUT2D eigenvalue weighted by Crippen LogP contribution is -2.48. The van der Waals surface area contributed by atoms with Crippen molar-refractivity contribution in [3.05, 3.63) is 0 Å². The van der Waals surface area contributed by atoms with E-state index in [1.165, 1.54) is 0 Å². The summed E-state index contributed by atoms with van der Waals surface area (Å²) in [6, 6.07) is 0.409. The first-order chi connectivity index (χ1) is 6.71. The Balaban J connectivity index is 1.78. The van der Waals surface area contributed by atoms with E-state index in [0.29, 0.717) is 19.2 Å². The SMILES string of the molecule is CC1OCCC1(O)CNC1CCOC1. The maximum absolute atomic E-state index is 10.2. The number of aliphatic hydroxyl groups is 1. The number of hydrogen-bond acceptors (Lipinski definition) is 4. The van der Waals surface area contributed by atoms with Gasteiger partial charge in [-0.25, -0.2) is 0 Å². The summed E-state index contributed by atoms with van der Waals surface area (Å²) in [7, 11) is 0. The van der Waals surface area contributed by atoms with E-state index in [-0.39, 0.29) is 6.10 Å². The molecular formula is C10H19NO3. The van der Waals surface area contributed by atoms with Gasteiger partial charge in [-0.05, 0) is 13.3 Å². The molecule has 2 aliphatic rings.